The van der Waals surface area contributed by atoms with Crippen molar-refractivity contribution in [2.45, 2.75) is 83.7 Å². The Balaban J connectivity index is 1.30. The van der Waals surface area contributed by atoms with Crippen molar-refractivity contribution in [2.75, 3.05) is 35.2 Å². The summed E-state index contributed by atoms with van der Waals surface area (Å²) in [6.45, 7) is 6.40. The number of amides is 2. The molecule has 3 aromatic rings. The standard InChI is InChI=1S/C37H45FN4O2/c1-25-15-18-30(24-33(25)41-21-6-7-22-41)40-36(43)31-13-9-23-42(37(44)34-26(2)10-8-14-32(34)38)35(31)27-16-19-29(20-17-27)39-28-11-4-3-5-12-28/h8,10,14-20,24,28,31,35,39H,3-7,9,11-13,21-23H2,1-2H3,(H,40,43). The first-order valence-electron chi connectivity index (χ1n) is 16.5. The fraction of sp³-hybridized carbons (Fsp3) is 0.459. The molecule has 232 valence electrons. The van der Waals surface area contributed by atoms with Gasteiger partial charge in [0.1, 0.15) is 5.82 Å². The van der Waals surface area contributed by atoms with Gasteiger partial charge in [-0.2, -0.15) is 0 Å². The van der Waals surface area contributed by atoms with Crippen LogP contribution in [0.15, 0.2) is 60.7 Å². The van der Waals surface area contributed by atoms with Crippen LogP contribution in [-0.4, -0.2) is 42.4 Å². The first-order chi connectivity index (χ1) is 21.4. The molecule has 2 aliphatic heterocycles. The van der Waals surface area contributed by atoms with E-state index in [2.05, 4.69) is 46.7 Å². The van der Waals surface area contributed by atoms with Crippen LogP contribution >= 0.6 is 0 Å². The molecule has 1 aliphatic carbocycles. The highest BCUT2D eigenvalue weighted by molar-refractivity contribution is 5.98. The lowest BCUT2D eigenvalue weighted by molar-refractivity contribution is -0.123. The van der Waals surface area contributed by atoms with Crippen molar-refractivity contribution in [2.24, 2.45) is 5.92 Å². The Hall–Kier alpha value is -3.87. The zero-order valence-corrected chi connectivity index (χ0v) is 26.1. The molecule has 2 atom stereocenters. The Kier molecular flexibility index (Phi) is 9.20. The number of rotatable bonds is 7. The van der Waals surface area contributed by atoms with Crippen LogP contribution in [0.1, 0.15) is 90.9 Å². The summed E-state index contributed by atoms with van der Waals surface area (Å²) in [6, 6.07) is 19.0. The van der Waals surface area contributed by atoms with E-state index in [9.17, 15) is 9.59 Å². The number of nitrogens with one attached hydrogen (secondary N) is 2. The van der Waals surface area contributed by atoms with Gasteiger partial charge in [0.05, 0.1) is 17.5 Å². The molecule has 0 spiro atoms. The van der Waals surface area contributed by atoms with Crippen molar-refractivity contribution in [1.29, 1.82) is 0 Å². The number of aryl methyl sites for hydroxylation is 2. The van der Waals surface area contributed by atoms with Crippen LogP contribution < -0.4 is 15.5 Å². The van der Waals surface area contributed by atoms with Crippen LogP contribution in [0.5, 0.6) is 0 Å². The zero-order chi connectivity index (χ0) is 30.6. The molecule has 7 heteroatoms. The van der Waals surface area contributed by atoms with E-state index >= 15 is 4.39 Å². The van der Waals surface area contributed by atoms with Gasteiger partial charge in [-0.1, -0.05) is 49.6 Å². The van der Waals surface area contributed by atoms with Crippen molar-refractivity contribution < 1.29 is 14.0 Å². The minimum atomic E-state index is -0.526. The number of anilines is 3. The molecule has 2 N–H and O–H groups in total. The third-order valence-corrected chi connectivity index (χ3v) is 9.82. The molecule has 2 heterocycles. The lowest BCUT2D eigenvalue weighted by Crippen LogP contribution is -2.46. The van der Waals surface area contributed by atoms with E-state index in [0.29, 0.717) is 31.0 Å². The summed E-state index contributed by atoms with van der Waals surface area (Å²) in [5.41, 5.74) is 5.75. The smallest absolute Gasteiger partial charge is 0.257 e. The molecule has 0 aromatic heterocycles. The number of nitrogens with zero attached hydrogens (tertiary/aromatic N) is 2. The van der Waals surface area contributed by atoms with Gasteiger partial charge in [-0.3, -0.25) is 9.59 Å². The van der Waals surface area contributed by atoms with Crippen LogP contribution in [0.2, 0.25) is 0 Å². The second-order valence-electron chi connectivity index (χ2n) is 12.9. The molecule has 0 bridgehead atoms. The number of hydrogen-bond acceptors (Lipinski definition) is 4. The van der Waals surface area contributed by atoms with Crippen LogP contribution in [0.3, 0.4) is 0 Å². The van der Waals surface area contributed by atoms with Crippen molar-refractivity contribution >= 4 is 28.9 Å². The molecule has 2 unspecified atom stereocenters. The normalized spacial score (nSPS) is 20.9. The summed E-state index contributed by atoms with van der Waals surface area (Å²) in [5.74, 6) is -1.48. The van der Waals surface area contributed by atoms with Gasteiger partial charge >= 0.3 is 0 Å². The molecule has 2 saturated heterocycles. The predicted octanol–water partition coefficient (Wildman–Crippen LogP) is 8.02. The maximum atomic E-state index is 15.1. The van der Waals surface area contributed by atoms with Gasteiger partial charge in [-0.25, -0.2) is 4.39 Å². The highest BCUT2D eigenvalue weighted by atomic mass is 19.1. The van der Waals surface area contributed by atoms with Crippen LogP contribution in [0.4, 0.5) is 21.5 Å². The summed E-state index contributed by atoms with van der Waals surface area (Å²) < 4.78 is 15.1. The van der Waals surface area contributed by atoms with Gasteiger partial charge in [0.25, 0.3) is 5.91 Å². The highest BCUT2D eigenvalue weighted by Crippen LogP contribution is 2.39. The van der Waals surface area contributed by atoms with E-state index in [4.69, 9.17) is 0 Å². The number of likely N-dealkylation sites (tertiary alicyclic amines) is 1. The number of carbonyl (C=O) groups is 2. The molecular weight excluding hydrogens is 551 g/mol. The number of piperidine rings is 1. The van der Waals surface area contributed by atoms with Gasteiger partial charge in [-0.05, 0) is 99.4 Å². The molecule has 6 nitrogen and oxygen atoms in total. The fourth-order valence-corrected chi connectivity index (χ4v) is 7.44. The number of hydrogen-bond donors (Lipinski definition) is 2. The molecule has 3 fully saturated rings. The number of carbonyl (C=O) groups excluding carboxylic acids is 2. The van der Waals surface area contributed by atoms with Gasteiger partial charge in [-0.15, -0.1) is 0 Å². The average Bonchev–Trinajstić information content (AvgIpc) is 3.57. The maximum absolute atomic E-state index is 15.1. The third kappa shape index (κ3) is 6.47. The average molecular weight is 597 g/mol. The zero-order valence-electron chi connectivity index (χ0n) is 26.1. The molecule has 3 aliphatic rings. The van der Waals surface area contributed by atoms with E-state index in [1.165, 1.54) is 56.6 Å². The van der Waals surface area contributed by atoms with Crippen molar-refractivity contribution in [3.05, 3.63) is 88.7 Å². The maximum Gasteiger partial charge on any atom is 0.257 e. The van der Waals surface area contributed by atoms with Gasteiger partial charge in [0.2, 0.25) is 5.91 Å². The lowest BCUT2D eigenvalue weighted by Gasteiger charge is -2.41. The molecular formula is C37H45FN4O2. The SMILES string of the molecule is Cc1ccc(NC(=O)C2CCCN(C(=O)c3c(C)cccc3F)C2c2ccc(NC3CCCCC3)cc2)cc1N1CCCC1. The van der Waals surface area contributed by atoms with Crippen LogP contribution in [0.25, 0.3) is 0 Å². The third-order valence-electron chi connectivity index (χ3n) is 9.82. The second-order valence-corrected chi connectivity index (χ2v) is 12.9. The van der Waals surface area contributed by atoms with Crippen LogP contribution in [-0.2, 0) is 4.79 Å². The summed E-state index contributed by atoms with van der Waals surface area (Å²) >= 11 is 0. The Morgan fingerprint density at radius 3 is 2.23 bits per heavy atom. The monoisotopic (exact) mass is 596 g/mol. The topological polar surface area (TPSA) is 64.7 Å². The minimum absolute atomic E-state index is 0.0860. The first-order valence-corrected chi connectivity index (χ1v) is 16.5. The molecule has 1 saturated carbocycles. The van der Waals surface area contributed by atoms with E-state index in [0.717, 1.165) is 35.7 Å². The van der Waals surface area contributed by atoms with Crippen LogP contribution in [0, 0.1) is 25.6 Å². The van der Waals surface area contributed by atoms with Crippen molar-refractivity contribution in [1.82, 2.24) is 4.90 Å². The van der Waals surface area contributed by atoms with E-state index in [1.54, 1.807) is 24.0 Å². The summed E-state index contributed by atoms with van der Waals surface area (Å²) in [7, 11) is 0. The first kappa shape index (κ1) is 30.2. The lowest BCUT2D eigenvalue weighted by atomic mass is 9.83. The van der Waals surface area contributed by atoms with Crippen molar-refractivity contribution in [3.63, 3.8) is 0 Å². The Morgan fingerprint density at radius 1 is 0.773 bits per heavy atom. The minimum Gasteiger partial charge on any atom is -0.382 e. The van der Waals surface area contributed by atoms with E-state index in [-0.39, 0.29) is 17.4 Å². The highest BCUT2D eigenvalue weighted by Gasteiger charge is 2.40. The largest absolute Gasteiger partial charge is 0.382 e. The van der Waals surface area contributed by atoms with Crippen molar-refractivity contribution in [3.8, 4) is 0 Å². The number of halogens is 1. The Labute approximate surface area is 261 Å². The quantitative estimate of drug-likeness (QED) is 0.290. The Morgan fingerprint density at radius 2 is 1.50 bits per heavy atom. The van der Waals surface area contributed by atoms with Gasteiger partial charge in [0, 0.05) is 42.7 Å². The van der Waals surface area contributed by atoms with E-state index in [1.807, 2.05) is 18.2 Å². The summed E-state index contributed by atoms with van der Waals surface area (Å²) in [4.78, 5) is 32.2. The number of benzene rings is 3. The van der Waals surface area contributed by atoms with Gasteiger partial charge < -0.3 is 20.4 Å². The molecule has 44 heavy (non-hydrogen) atoms. The summed E-state index contributed by atoms with van der Waals surface area (Å²) in [6.07, 6.45) is 9.83. The van der Waals surface area contributed by atoms with Gasteiger partial charge in [0.15, 0.2) is 0 Å². The summed E-state index contributed by atoms with van der Waals surface area (Å²) in [5, 5.41) is 6.87. The fourth-order valence-electron chi connectivity index (χ4n) is 7.44. The second kappa shape index (κ2) is 13.4. The predicted molar refractivity (Wildman–Crippen MR) is 176 cm³/mol. The molecule has 0 radical (unpaired) electrons. The molecule has 6 rings (SSSR count). The molecule has 3 aromatic carbocycles. The Bertz CT molecular complexity index is 1460. The molecule has 2 amide bonds. The van der Waals surface area contributed by atoms with E-state index < -0.39 is 17.8 Å².